The van der Waals surface area contributed by atoms with E-state index in [-0.39, 0.29) is 0 Å². The van der Waals surface area contributed by atoms with Gasteiger partial charge in [0.1, 0.15) is 0 Å². The minimum Gasteiger partial charge on any atom is -0.0845 e. The lowest BCUT2D eigenvalue weighted by atomic mass is 10.1. The average molecular weight is 411 g/mol. The van der Waals surface area contributed by atoms with E-state index in [9.17, 15) is 0 Å². The maximum atomic E-state index is 2.29. The van der Waals surface area contributed by atoms with Crippen molar-refractivity contribution in [1.29, 1.82) is 0 Å². The van der Waals surface area contributed by atoms with Gasteiger partial charge in [-0.1, -0.05) is 90.5 Å². The zero-order valence-electron chi connectivity index (χ0n) is 13.0. The molecule has 0 aromatic heterocycles. The summed E-state index contributed by atoms with van der Waals surface area (Å²) in [4.78, 5) is 0. The van der Waals surface area contributed by atoms with Gasteiger partial charge in [0.25, 0.3) is 0 Å². The van der Waals surface area contributed by atoms with Gasteiger partial charge in [0.2, 0.25) is 0 Å². The molecule has 0 unspecified atom stereocenters. The molecular weight excluding hydrogens is 385 g/mol. The lowest BCUT2D eigenvalue weighted by Gasteiger charge is -2.02. The molecule has 0 aromatic carbocycles. The van der Waals surface area contributed by atoms with Crippen molar-refractivity contribution in [2.24, 2.45) is 0 Å². The van der Waals surface area contributed by atoms with Crippen molar-refractivity contribution in [2.75, 3.05) is 5.75 Å². The molecule has 1 aliphatic heterocycles. The summed E-state index contributed by atoms with van der Waals surface area (Å²) in [7, 11) is 11.3. The Morgan fingerprint density at radius 3 is 2.09 bits per heavy atom. The van der Waals surface area contributed by atoms with Crippen LogP contribution in [-0.4, -0.2) is 5.75 Å². The highest BCUT2D eigenvalue weighted by atomic mass is 33.9. The largest absolute Gasteiger partial charge is 0.0845 e. The summed E-state index contributed by atoms with van der Waals surface area (Å²) in [6.45, 7) is 0. The van der Waals surface area contributed by atoms with Gasteiger partial charge < -0.3 is 0 Å². The summed E-state index contributed by atoms with van der Waals surface area (Å²) in [5.41, 5.74) is 0. The number of allylic oxidation sites excluding steroid dienone is 5. The normalized spacial score (nSPS) is 26.2. The lowest BCUT2D eigenvalue weighted by Crippen LogP contribution is -1.82. The Morgan fingerprint density at radius 1 is 0.545 bits per heavy atom. The smallest absolute Gasteiger partial charge is 0.00454 e. The lowest BCUT2D eigenvalue weighted by molar-refractivity contribution is 0.579. The van der Waals surface area contributed by atoms with Crippen LogP contribution in [0.5, 0.6) is 0 Å². The summed E-state index contributed by atoms with van der Waals surface area (Å²) in [6.07, 6.45) is 23.3. The molecule has 6 heteroatoms. The molecule has 0 N–H and O–H groups in total. The van der Waals surface area contributed by atoms with Crippen molar-refractivity contribution >= 4 is 60.9 Å². The van der Waals surface area contributed by atoms with Crippen LogP contribution in [-0.2, 0) is 0 Å². The minimum atomic E-state index is 1.22. The first kappa shape index (κ1) is 21.4. The van der Waals surface area contributed by atoms with E-state index in [1.165, 1.54) is 63.5 Å². The molecule has 126 valence electrons. The Hall–Kier alpha value is 1.32. The third kappa shape index (κ3) is 16.2. The molecule has 0 bridgehead atoms. The first-order valence-corrected chi connectivity index (χ1v) is 15.6. The molecule has 0 fully saturated rings. The molecule has 0 aromatic rings. The van der Waals surface area contributed by atoms with Crippen molar-refractivity contribution in [3.8, 4) is 0 Å². The van der Waals surface area contributed by atoms with Crippen LogP contribution in [0.25, 0.3) is 0 Å². The number of rotatable bonds is 0. The molecule has 0 spiro atoms. The fourth-order valence-electron chi connectivity index (χ4n) is 1.98. The molecule has 1 aliphatic rings. The predicted octanol–water partition coefficient (Wildman–Crippen LogP) is 9.11. The van der Waals surface area contributed by atoms with Gasteiger partial charge in [0.15, 0.2) is 0 Å². The predicted molar refractivity (Wildman–Crippen MR) is 119 cm³/mol. The van der Waals surface area contributed by atoms with Crippen molar-refractivity contribution < 1.29 is 0 Å². The standard InChI is InChI=1S/C16H26S6/c1-2-4-6-8-10-12-14-16-18-20-22-21-19-17-15-13-11-9-7-5-3-1/h5,7,9,11,13,15H,1-4,6,8,10,12,14,16H2/b7-5+,11-9+,15-13-. The SMILES string of the molecule is C1=C\SSSSSSCCCCCCCCCC/C=C/C=C/1. The minimum absolute atomic E-state index is 1.22. The van der Waals surface area contributed by atoms with Gasteiger partial charge in [-0.15, -0.1) is 0 Å². The maximum Gasteiger partial charge on any atom is 0.00454 e. The molecule has 0 radical (unpaired) electrons. The van der Waals surface area contributed by atoms with Crippen LogP contribution >= 0.6 is 60.9 Å². The second-order valence-corrected chi connectivity index (χ2v) is 14.4. The highest BCUT2D eigenvalue weighted by Gasteiger charge is 1.95. The van der Waals surface area contributed by atoms with Gasteiger partial charge >= 0.3 is 0 Å². The van der Waals surface area contributed by atoms with Gasteiger partial charge in [0, 0.05) is 5.75 Å². The van der Waals surface area contributed by atoms with Crippen molar-refractivity contribution in [2.45, 2.75) is 57.8 Å². The second kappa shape index (κ2) is 18.7. The molecular formula is C16H26S6. The molecule has 0 saturated heterocycles. The third-order valence-corrected chi connectivity index (χ3v) is 13.6. The van der Waals surface area contributed by atoms with Gasteiger partial charge in [-0.3, -0.25) is 0 Å². The summed E-state index contributed by atoms with van der Waals surface area (Å²) >= 11 is 0. The topological polar surface area (TPSA) is 0 Å². The van der Waals surface area contributed by atoms with E-state index in [2.05, 4.69) is 35.8 Å². The second-order valence-electron chi connectivity index (χ2n) is 4.95. The Morgan fingerprint density at radius 2 is 1.23 bits per heavy atom. The summed E-state index contributed by atoms with van der Waals surface area (Å²) < 4.78 is 0. The molecule has 0 atom stereocenters. The van der Waals surface area contributed by atoms with Gasteiger partial charge in [0.05, 0.1) is 0 Å². The molecule has 0 amide bonds. The Labute approximate surface area is 159 Å². The zero-order valence-corrected chi connectivity index (χ0v) is 17.9. The summed E-state index contributed by atoms with van der Waals surface area (Å²) in [6, 6.07) is 0. The fourth-order valence-corrected chi connectivity index (χ4v) is 12.8. The van der Waals surface area contributed by atoms with Gasteiger partial charge in [-0.05, 0) is 64.0 Å². The quantitative estimate of drug-likeness (QED) is 0.362. The van der Waals surface area contributed by atoms with Crippen LogP contribution in [0.4, 0.5) is 0 Å². The van der Waals surface area contributed by atoms with Gasteiger partial charge in [-0.25, -0.2) is 0 Å². The molecule has 0 aliphatic carbocycles. The maximum absolute atomic E-state index is 2.29. The summed E-state index contributed by atoms with van der Waals surface area (Å²) in [5.74, 6) is 1.30. The van der Waals surface area contributed by atoms with Crippen molar-refractivity contribution in [1.82, 2.24) is 0 Å². The van der Waals surface area contributed by atoms with E-state index in [0.29, 0.717) is 0 Å². The summed E-state index contributed by atoms with van der Waals surface area (Å²) in [5, 5.41) is 2.15. The number of hydrogen-bond donors (Lipinski definition) is 0. The van der Waals surface area contributed by atoms with E-state index in [1.807, 2.05) is 50.1 Å². The van der Waals surface area contributed by atoms with Crippen LogP contribution in [0.2, 0.25) is 0 Å². The molecule has 1 rings (SSSR count). The van der Waals surface area contributed by atoms with Gasteiger partial charge in [-0.2, -0.15) is 0 Å². The Kier molecular flexibility index (Phi) is 18.1. The Balaban J connectivity index is 2.16. The first-order chi connectivity index (χ1) is 11.0. The van der Waals surface area contributed by atoms with Crippen LogP contribution in [0.15, 0.2) is 35.8 Å². The van der Waals surface area contributed by atoms with Crippen molar-refractivity contribution in [3.63, 3.8) is 0 Å². The van der Waals surface area contributed by atoms with E-state index in [1.54, 1.807) is 10.8 Å². The van der Waals surface area contributed by atoms with E-state index >= 15 is 0 Å². The Bertz CT molecular complexity index is 284. The monoisotopic (exact) mass is 410 g/mol. The van der Waals surface area contributed by atoms with E-state index in [4.69, 9.17) is 0 Å². The van der Waals surface area contributed by atoms with E-state index in [0.717, 1.165) is 0 Å². The van der Waals surface area contributed by atoms with E-state index < -0.39 is 0 Å². The molecule has 0 nitrogen and oxygen atoms in total. The van der Waals surface area contributed by atoms with Crippen molar-refractivity contribution in [3.05, 3.63) is 35.8 Å². The van der Waals surface area contributed by atoms with Crippen LogP contribution in [0.1, 0.15) is 57.8 Å². The molecule has 0 saturated carbocycles. The first-order valence-electron chi connectivity index (χ1n) is 7.93. The average Bonchev–Trinajstić information content (AvgIpc) is 2.53. The zero-order chi connectivity index (χ0) is 15.6. The highest BCUT2D eigenvalue weighted by Crippen LogP contribution is 2.52. The van der Waals surface area contributed by atoms with Crippen LogP contribution in [0, 0.1) is 0 Å². The number of hydrogen-bond acceptors (Lipinski definition) is 6. The van der Waals surface area contributed by atoms with Crippen LogP contribution < -0.4 is 0 Å². The third-order valence-electron chi connectivity index (χ3n) is 3.12. The van der Waals surface area contributed by atoms with Crippen LogP contribution in [0.3, 0.4) is 0 Å². The highest BCUT2D eigenvalue weighted by molar-refractivity contribution is 9.42. The molecule has 1 heterocycles. The molecule has 22 heavy (non-hydrogen) atoms. The fraction of sp³-hybridized carbons (Fsp3) is 0.625.